The minimum absolute atomic E-state index is 0.172. The van der Waals surface area contributed by atoms with Crippen LogP contribution in [0, 0.1) is 0 Å². The van der Waals surface area contributed by atoms with Gasteiger partial charge in [-0.05, 0) is 36.8 Å². The molecule has 30 heavy (non-hydrogen) atoms. The average molecular weight is 435 g/mol. The normalized spacial score (nSPS) is 21.3. The van der Waals surface area contributed by atoms with Gasteiger partial charge in [0.2, 0.25) is 5.09 Å². The van der Waals surface area contributed by atoms with Crippen molar-refractivity contribution in [1.29, 1.82) is 0 Å². The Bertz CT molecular complexity index is 1120. The Hall–Kier alpha value is -3.05. The van der Waals surface area contributed by atoms with Gasteiger partial charge in [-0.3, -0.25) is 9.69 Å². The maximum atomic E-state index is 13.1. The van der Waals surface area contributed by atoms with Crippen LogP contribution in [0.5, 0.6) is 11.5 Å². The third-order valence-electron chi connectivity index (χ3n) is 5.08. The molecule has 11 heteroatoms. The molecule has 10 nitrogen and oxygen atoms in total. The number of hydrogen-bond acceptors (Lipinski definition) is 7. The van der Waals surface area contributed by atoms with E-state index in [4.69, 9.17) is 13.9 Å². The Morgan fingerprint density at radius 2 is 1.80 bits per heavy atom. The summed E-state index contributed by atoms with van der Waals surface area (Å²) in [6.07, 6.45) is 0. The number of urea groups is 1. The van der Waals surface area contributed by atoms with Gasteiger partial charge in [0.05, 0.1) is 6.54 Å². The van der Waals surface area contributed by atoms with Crippen LogP contribution >= 0.6 is 0 Å². The van der Waals surface area contributed by atoms with Crippen molar-refractivity contribution in [3.63, 3.8) is 0 Å². The minimum Gasteiger partial charge on any atom is -0.486 e. The van der Waals surface area contributed by atoms with Gasteiger partial charge in [0.1, 0.15) is 24.5 Å². The van der Waals surface area contributed by atoms with E-state index in [1.807, 2.05) is 0 Å². The Morgan fingerprint density at radius 1 is 1.10 bits per heavy atom. The minimum atomic E-state index is -3.75. The first-order valence-electron chi connectivity index (χ1n) is 9.18. The molecule has 2 aliphatic rings. The second-order valence-corrected chi connectivity index (χ2v) is 9.40. The van der Waals surface area contributed by atoms with Crippen molar-refractivity contribution >= 4 is 22.0 Å². The summed E-state index contributed by atoms with van der Waals surface area (Å²) in [6.45, 7) is 2.24. The molecule has 1 aromatic heterocycles. The molecule has 0 aliphatic carbocycles. The number of ether oxygens (including phenoxy) is 2. The number of hydrogen-bond donors (Lipinski definition) is 1. The number of carbonyl (C=O) groups is 2. The highest BCUT2D eigenvalue weighted by Gasteiger charge is 2.49. The van der Waals surface area contributed by atoms with Crippen LogP contribution in [0.25, 0.3) is 0 Å². The van der Waals surface area contributed by atoms with Gasteiger partial charge in [-0.15, -0.1) is 0 Å². The topological polar surface area (TPSA) is 118 Å². The molecule has 1 aromatic carbocycles. The molecule has 1 fully saturated rings. The fourth-order valence-corrected chi connectivity index (χ4v) is 4.12. The van der Waals surface area contributed by atoms with E-state index in [-0.39, 0.29) is 17.4 Å². The van der Waals surface area contributed by atoms with Gasteiger partial charge in [0.15, 0.2) is 11.5 Å². The van der Waals surface area contributed by atoms with Crippen LogP contribution in [-0.4, -0.2) is 56.9 Å². The number of carbonyl (C=O) groups excluding carboxylic acids is 2. The maximum absolute atomic E-state index is 13.1. The van der Waals surface area contributed by atoms with Crippen molar-refractivity contribution in [3.05, 3.63) is 41.7 Å². The number of nitrogens with zero attached hydrogens (tertiary/aromatic N) is 2. The Morgan fingerprint density at radius 3 is 2.50 bits per heavy atom. The number of benzene rings is 1. The second-order valence-electron chi connectivity index (χ2n) is 7.31. The molecule has 0 spiro atoms. The summed E-state index contributed by atoms with van der Waals surface area (Å²) in [4.78, 5) is 26.7. The summed E-state index contributed by atoms with van der Waals surface area (Å²) in [5.41, 5.74) is -0.763. The molecule has 3 amide bonds. The highest BCUT2D eigenvalue weighted by molar-refractivity contribution is 7.88. The Labute approximate surface area is 173 Å². The lowest BCUT2D eigenvalue weighted by Gasteiger charge is -2.25. The molecule has 0 radical (unpaired) electrons. The van der Waals surface area contributed by atoms with E-state index < -0.39 is 27.5 Å². The van der Waals surface area contributed by atoms with E-state index in [9.17, 15) is 18.0 Å². The van der Waals surface area contributed by atoms with Gasteiger partial charge in [-0.25, -0.2) is 17.5 Å². The SMILES string of the molecule is CN(C)S(=O)(=O)c1ccc(CN2C(=O)NC(C)(c3ccc4c(c3)OCCO4)C2=O)o1. The zero-order valence-corrected chi connectivity index (χ0v) is 17.5. The molecule has 0 saturated carbocycles. The van der Waals surface area contributed by atoms with Crippen molar-refractivity contribution in [3.8, 4) is 11.5 Å². The Kier molecular flexibility index (Phi) is 4.74. The van der Waals surface area contributed by atoms with Crippen molar-refractivity contribution in [2.45, 2.75) is 24.1 Å². The van der Waals surface area contributed by atoms with E-state index >= 15 is 0 Å². The first kappa shape index (κ1) is 20.2. The van der Waals surface area contributed by atoms with Gasteiger partial charge in [0.25, 0.3) is 15.9 Å². The van der Waals surface area contributed by atoms with Gasteiger partial charge < -0.3 is 19.2 Å². The highest BCUT2D eigenvalue weighted by Crippen LogP contribution is 2.37. The number of furan rings is 1. The van der Waals surface area contributed by atoms with E-state index in [0.29, 0.717) is 30.3 Å². The molecule has 1 atom stereocenters. The van der Waals surface area contributed by atoms with Crippen LogP contribution in [0.1, 0.15) is 18.2 Å². The van der Waals surface area contributed by atoms with Crippen LogP contribution < -0.4 is 14.8 Å². The number of rotatable bonds is 5. The van der Waals surface area contributed by atoms with Crippen molar-refractivity contribution in [2.75, 3.05) is 27.3 Å². The first-order valence-corrected chi connectivity index (χ1v) is 10.6. The molecular formula is C19H21N3O7S. The molecule has 1 saturated heterocycles. The molecule has 1 N–H and O–H groups in total. The summed E-state index contributed by atoms with van der Waals surface area (Å²) >= 11 is 0. The molecule has 1 unspecified atom stereocenters. The third kappa shape index (κ3) is 3.19. The van der Waals surface area contributed by atoms with E-state index in [1.54, 1.807) is 25.1 Å². The molecule has 2 aliphatic heterocycles. The summed E-state index contributed by atoms with van der Waals surface area (Å²) in [7, 11) is -0.989. The largest absolute Gasteiger partial charge is 0.486 e. The predicted octanol–water partition coefficient (Wildman–Crippen LogP) is 1.27. The van der Waals surface area contributed by atoms with Crippen LogP contribution in [-0.2, 0) is 26.9 Å². The van der Waals surface area contributed by atoms with Gasteiger partial charge in [-0.1, -0.05) is 6.07 Å². The summed E-state index contributed by atoms with van der Waals surface area (Å²) in [5, 5.41) is 2.44. The number of fused-ring (bicyclic) bond motifs is 1. The fraction of sp³-hybridized carbons (Fsp3) is 0.368. The van der Waals surface area contributed by atoms with Gasteiger partial charge in [-0.2, -0.15) is 0 Å². The molecule has 160 valence electrons. The van der Waals surface area contributed by atoms with Crippen LogP contribution in [0.3, 0.4) is 0 Å². The lowest BCUT2D eigenvalue weighted by Crippen LogP contribution is -2.40. The highest BCUT2D eigenvalue weighted by atomic mass is 32.2. The zero-order valence-electron chi connectivity index (χ0n) is 16.7. The van der Waals surface area contributed by atoms with Crippen molar-refractivity contribution in [1.82, 2.24) is 14.5 Å². The second kappa shape index (κ2) is 7.03. The fourth-order valence-electron chi connectivity index (χ4n) is 3.31. The summed E-state index contributed by atoms with van der Waals surface area (Å²) in [5.74, 6) is 0.764. The maximum Gasteiger partial charge on any atom is 0.325 e. The molecule has 4 rings (SSSR count). The van der Waals surface area contributed by atoms with E-state index in [0.717, 1.165) is 9.21 Å². The third-order valence-corrected chi connectivity index (χ3v) is 6.77. The molecule has 3 heterocycles. The lowest BCUT2D eigenvalue weighted by atomic mass is 9.91. The van der Waals surface area contributed by atoms with Crippen molar-refractivity contribution < 1.29 is 31.9 Å². The van der Waals surface area contributed by atoms with E-state index in [2.05, 4.69) is 5.32 Å². The molecule has 2 aromatic rings. The monoisotopic (exact) mass is 435 g/mol. The standard InChI is InChI=1S/C19H21N3O7S/c1-19(12-4-6-14-15(10-12)28-9-8-27-14)17(23)22(18(24)20-19)11-13-5-7-16(29-13)30(25,26)21(2)3/h4-7,10H,8-9,11H2,1-3H3,(H,20,24). The van der Waals surface area contributed by atoms with Gasteiger partial charge >= 0.3 is 6.03 Å². The lowest BCUT2D eigenvalue weighted by molar-refractivity contribution is -0.131. The van der Waals surface area contributed by atoms with E-state index in [1.165, 1.54) is 26.2 Å². The zero-order chi connectivity index (χ0) is 21.7. The summed E-state index contributed by atoms with van der Waals surface area (Å²) in [6, 6.07) is 7.18. The number of sulfonamides is 1. The molecular weight excluding hydrogens is 414 g/mol. The van der Waals surface area contributed by atoms with Crippen molar-refractivity contribution in [2.24, 2.45) is 0 Å². The number of nitrogens with one attached hydrogen (secondary N) is 1. The Balaban J connectivity index is 1.58. The smallest absolute Gasteiger partial charge is 0.325 e. The van der Waals surface area contributed by atoms with Gasteiger partial charge in [0, 0.05) is 14.1 Å². The van der Waals surface area contributed by atoms with Crippen LogP contribution in [0.4, 0.5) is 4.79 Å². The van der Waals surface area contributed by atoms with Crippen LogP contribution in [0.2, 0.25) is 0 Å². The van der Waals surface area contributed by atoms with Crippen LogP contribution in [0.15, 0.2) is 39.8 Å². The number of amides is 3. The average Bonchev–Trinajstić information content (AvgIpc) is 3.27. The first-order chi connectivity index (χ1) is 14.1. The number of imide groups is 1. The quantitative estimate of drug-likeness (QED) is 0.703. The summed E-state index contributed by atoms with van der Waals surface area (Å²) < 4.78 is 41.8. The predicted molar refractivity (Wildman–Crippen MR) is 103 cm³/mol. The molecule has 0 bridgehead atoms.